The molecule has 3 aromatic heterocycles. The highest BCUT2D eigenvalue weighted by atomic mass is 35.5. The number of nitrogens with zero attached hydrogens (tertiary/aromatic N) is 9. The molecular formula is C35H36ClF3N10O4. The van der Waals surface area contributed by atoms with Crippen LogP contribution in [0.25, 0.3) is 16.9 Å². The molecule has 0 unspecified atom stereocenters. The van der Waals surface area contributed by atoms with Crippen LogP contribution in [0.4, 0.5) is 24.5 Å². The number of anilines is 2. The molecule has 0 saturated carbocycles. The zero-order chi connectivity index (χ0) is 38.2. The molecule has 53 heavy (non-hydrogen) atoms. The Kier molecular flexibility index (Phi) is 10.4. The van der Waals surface area contributed by atoms with E-state index in [2.05, 4.69) is 25.5 Å². The van der Waals surface area contributed by atoms with Crippen molar-refractivity contribution < 1.29 is 27.9 Å². The van der Waals surface area contributed by atoms with Crippen molar-refractivity contribution in [1.29, 1.82) is 0 Å². The van der Waals surface area contributed by atoms with Crippen molar-refractivity contribution in [2.45, 2.75) is 39.5 Å². The van der Waals surface area contributed by atoms with Gasteiger partial charge in [0.05, 0.1) is 27.7 Å². The van der Waals surface area contributed by atoms with Crippen LogP contribution in [0.5, 0.6) is 5.75 Å². The van der Waals surface area contributed by atoms with Crippen molar-refractivity contribution in [3.63, 3.8) is 0 Å². The summed E-state index contributed by atoms with van der Waals surface area (Å²) in [5.41, 5.74) is 1.25. The average molecular weight is 753 g/mol. The maximum atomic E-state index is 14.3. The molecule has 1 aliphatic heterocycles. The van der Waals surface area contributed by atoms with E-state index in [1.54, 1.807) is 11.5 Å². The van der Waals surface area contributed by atoms with E-state index in [1.807, 2.05) is 55.1 Å². The number of amides is 2. The number of hydrogen-bond donors (Lipinski definition) is 2. The van der Waals surface area contributed by atoms with Gasteiger partial charge in [-0.15, -0.1) is 15.0 Å². The van der Waals surface area contributed by atoms with E-state index in [1.165, 1.54) is 16.0 Å². The molecule has 6 rings (SSSR count). The molecule has 0 aliphatic carbocycles. The summed E-state index contributed by atoms with van der Waals surface area (Å²) in [6.45, 7) is 4.57. The summed E-state index contributed by atoms with van der Waals surface area (Å²) in [6.07, 6.45) is -3.13. The number of rotatable bonds is 9. The third-order valence-corrected chi connectivity index (χ3v) is 9.16. The van der Waals surface area contributed by atoms with Crippen molar-refractivity contribution in [3.05, 3.63) is 92.2 Å². The Morgan fingerprint density at radius 1 is 1.02 bits per heavy atom. The second-order valence-electron chi connectivity index (χ2n) is 12.8. The van der Waals surface area contributed by atoms with Gasteiger partial charge in [-0.2, -0.15) is 13.2 Å². The van der Waals surface area contributed by atoms with Crippen molar-refractivity contribution >= 4 is 46.0 Å². The number of carbonyl (C=O) groups excluding carboxylic acids is 2. The van der Waals surface area contributed by atoms with Crippen LogP contribution in [0.3, 0.4) is 0 Å². The van der Waals surface area contributed by atoms with Gasteiger partial charge >= 0.3 is 6.18 Å². The summed E-state index contributed by atoms with van der Waals surface area (Å²) in [5.74, 6) is -1.41. The van der Waals surface area contributed by atoms with Crippen LogP contribution in [0.15, 0.2) is 53.6 Å². The number of aromatic nitrogens is 6. The second kappa shape index (κ2) is 14.8. The number of piperazine rings is 1. The van der Waals surface area contributed by atoms with Gasteiger partial charge < -0.3 is 29.7 Å². The lowest BCUT2D eigenvalue weighted by molar-refractivity contribution is -0.137. The number of aromatic hydroxyl groups is 1. The molecule has 278 valence electrons. The molecule has 0 bridgehead atoms. The van der Waals surface area contributed by atoms with Crippen molar-refractivity contribution in [2.75, 3.05) is 50.5 Å². The number of halogens is 4. The number of hydrogen-bond acceptors (Lipinski definition) is 10. The van der Waals surface area contributed by atoms with Crippen LogP contribution in [0.1, 0.15) is 39.9 Å². The summed E-state index contributed by atoms with van der Waals surface area (Å²) in [6, 6.07) is 10.1. The molecule has 1 saturated heterocycles. The van der Waals surface area contributed by atoms with E-state index in [-0.39, 0.29) is 83.8 Å². The third kappa shape index (κ3) is 7.66. The van der Waals surface area contributed by atoms with Crippen LogP contribution < -0.4 is 15.6 Å². The van der Waals surface area contributed by atoms with E-state index in [0.717, 1.165) is 23.8 Å². The molecule has 2 aromatic carbocycles. The first-order chi connectivity index (χ1) is 25.2. The molecule has 4 heterocycles. The van der Waals surface area contributed by atoms with Crippen LogP contribution >= 0.6 is 11.6 Å². The fourth-order valence-electron chi connectivity index (χ4n) is 6.23. The molecule has 1 aliphatic rings. The van der Waals surface area contributed by atoms with E-state index in [9.17, 15) is 32.7 Å². The van der Waals surface area contributed by atoms with E-state index >= 15 is 0 Å². The fraction of sp³-hybridized carbons (Fsp3) is 0.343. The number of benzene rings is 2. The molecule has 0 atom stereocenters. The van der Waals surface area contributed by atoms with E-state index in [4.69, 9.17) is 11.6 Å². The van der Waals surface area contributed by atoms with Gasteiger partial charge in [-0.1, -0.05) is 30.7 Å². The number of alkyl halides is 3. The molecule has 1 fully saturated rings. The van der Waals surface area contributed by atoms with E-state index < -0.39 is 29.0 Å². The van der Waals surface area contributed by atoms with E-state index in [0.29, 0.717) is 17.9 Å². The zero-order valence-electron chi connectivity index (χ0n) is 29.3. The Balaban J connectivity index is 1.37. The number of aryl methyl sites for hydroxylation is 1. The van der Waals surface area contributed by atoms with Crippen LogP contribution in [0.2, 0.25) is 5.02 Å². The minimum Gasteiger partial charge on any atom is -0.504 e. The van der Waals surface area contributed by atoms with Gasteiger partial charge in [0, 0.05) is 38.4 Å². The fourth-order valence-corrected chi connectivity index (χ4v) is 6.46. The molecule has 18 heteroatoms. The predicted molar refractivity (Wildman–Crippen MR) is 192 cm³/mol. The van der Waals surface area contributed by atoms with Gasteiger partial charge in [-0.3, -0.25) is 14.4 Å². The largest absolute Gasteiger partial charge is 0.504 e. The first kappa shape index (κ1) is 37.2. The maximum Gasteiger partial charge on any atom is 0.416 e. The average Bonchev–Trinajstić information content (AvgIpc) is 3.57. The van der Waals surface area contributed by atoms with Crippen LogP contribution in [-0.2, 0) is 30.5 Å². The molecular weight excluding hydrogens is 717 g/mol. The van der Waals surface area contributed by atoms with Gasteiger partial charge in [0.1, 0.15) is 18.6 Å². The normalized spacial score (nSPS) is 13.6. The van der Waals surface area contributed by atoms with Gasteiger partial charge in [0.2, 0.25) is 11.3 Å². The summed E-state index contributed by atoms with van der Waals surface area (Å²) >= 11 is 6.14. The smallest absolute Gasteiger partial charge is 0.416 e. The zero-order valence-corrected chi connectivity index (χ0v) is 30.0. The predicted octanol–water partition coefficient (Wildman–Crippen LogP) is 4.28. The summed E-state index contributed by atoms with van der Waals surface area (Å²) < 4.78 is 41.3. The van der Waals surface area contributed by atoms with Crippen molar-refractivity contribution in [1.82, 2.24) is 39.3 Å². The van der Waals surface area contributed by atoms with Crippen molar-refractivity contribution in [3.8, 4) is 11.4 Å². The lowest BCUT2D eigenvalue weighted by Crippen LogP contribution is -2.50. The Bertz CT molecular complexity index is 2250. The lowest BCUT2D eigenvalue weighted by atomic mass is 10.1. The number of carbonyl (C=O) groups is 2. The number of nitrogens with one attached hydrogen (secondary N) is 1. The minimum absolute atomic E-state index is 0.00480. The molecule has 2 amide bonds. The highest BCUT2D eigenvalue weighted by molar-refractivity contribution is 6.33. The highest BCUT2D eigenvalue weighted by Gasteiger charge is 2.32. The molecule has 5 aromatic rings. The standard InChI is InChI=1S/C35H36ClF3N10O4/c1-5-26-30(46-12-14-47(15-13-46)34(53)29-31(51)20(2)40-19-41-29)32(52)28-33(44-49(43-28)23-9-6-21(7-10-23)17-45(3)4)48(26)18-27(50)42-25-11-8-22(16-24(25)36)35(37,38)39/h6-11,16,19,51H,5,12-15,17-18H2,1-4H3,(H,42,50). The van der Waals surface area contributed by atoms with Gasteiger partial charge in [0.25, 0.3) is 5.91 Å². The topological polar surface area (TPSA) is 155 Å². The highest BCUT2D eigenvalue weighted by Crippen LogP contribution is 2.34. The Labute approximate surface area is 306 Å². The Hall–Kier alpha value is -5.55. The minimum atomic E-state index is -4.62. The second-order valence-corrected chi connectivity index (χ2v) is 13.2. The van der Waals surface area contributed by atoms with Gasteiger partial charge in [0.15, 0.2) is 22.6 Å². The maximum absolute atomic E-state index is 14.3. The van der Waals surface area contributed by atoms with Gasteiger partial charge in [-0.05, 0) is 63.3 Å². The number of fused-ring (bicyclic) bond motifs is 1. The SMILES string of the molecule is CCc1c(N2CCN(C(=O)c3ncnc(C)c3O)CC2)c(=O)c2nn(-c3ccc(CN(C)C)cc3)nc2n1CC(=O)Nc1ccc(C(F)(F)F)cc1Cl. The first-order valence-corrected chi connectivity index (χ1v) is 17.0. The third-order valence-electron chi connectivity index (χ3n) is 8.85. The number of pyridine rings is 1. The van der Waals surface area contributed by atoms with Gasteiger partial charge in [-0.25, -0.2) is 9.97 Å². The summed E-state index contributed by atoms with van der Waals surface area (Å²) in [7, 11) is 3.91. The Morgan fingerprint density at radius 3 is 2.34 bits per heavy atom. The van der Waals surface area contributed by atoms with Crippen molar-refractivity contribution in [2.24, 2.45) is 0 Å². The first-order valence-electron chi connectivity index (χ1n) is 16.6. The molecule has 0 spiro atoms. The Morgan fingerprint density at radius 2 is 1.72 bits per heavy atom. The summed E-state index contributed by atoms with van der Waals surface area (Å²) in [5, 5.41) is 21.9. The molecule has 2 N–H and O–H groups in total. The van der Waals surface area contributed by atoms with Crippen LogP contribution in [-0.4, -0.2) is 96.5 Å². The monoisotopic (exact) mass is 752 g/mol. The quantitative estimate of drug-likeness (QED) is 0.223. The molecule has 14 nitrogen and oxygen atoms in total. The lowest BCUT2D eigenvalue weighted by Gasteiger charge is -2.36. The summed E-state index contributed by atoms with van der Waals surface area (Å²) in [4.78, 5) is 55.7. The van der Waals surface area contributed by atoms with Crippen LogP contribution in [0, 0.1) is 6.92 Å². The molecule has 0 radical (unpaired) electrons.